The van der Waals surface area contributed by atoms with Gasteiger partial charge in [-0.3, -0.25) is 0 Å². The smallest absolute Gasteiger partial charge is 0.245 e. The molecule has 1 saturated heterocycles. The van der Waals surface area contributed by atoms with E-state index in [0.717, 1.165) is 19.3 Å². The fraction of sp³-hybridized carbons (Fsp3) is 0.500. The van der Waals surface area contributed by atoms with Gasteiger partial charge < -0.3 is 4.52 Å². The van der Waals surface area contributed by atoms with Crippen molar-refractivity contribution in [3.05, 3.63) is 39.5 Å². The van der Waals surface area contributed by atoms with E-state index >= 15 is 0 Å². The van der Waals surface area contributed by atoms with Crippen LogP contribution in [0.4, 0.5) is 0 Å². The van der Waals surface area contributed by atoms with E-state index in [-0.39, 0.29) is 9.92 Å². The monoisotopic (exact) mass is 401 g/mol. The second kappa shape index (κ2) is 6.23. The van der Waals surface area contributed by atoms with Gasteiger partial charge in [0.25, 0.3) is 0 Å². The molecule has 25 heavy (non-hydrogen) atoms. The van der Waals surface area contributed by atoms with E-state index < -0.39 is 16.1 Å². The number of aryl methyl sites for hydroxylation is 1. The molecule has 1 aliphatic heterocycles. The van der Waals surface area contributed by atoms with Crippen molar-refractivity contribution >= 4 is 33.2 Å². The van der Waals surface area contributed by atoms with Crippen molar-refractivity contribution in [1.82, 2.24) is 14.4 Å². The van der Waals surface area contributed by atoms with Crippen molar-refractivity contribution in [2.24, 2.45) is 0 Å². The number of aromatic nitrogens is 2. The fourth-order valence-electron chi connectivity index (χ4n) is 3.12. The Morgan fingerprint density at radius 1 is 1.20 bits per heavy atom. The summed E-state index contributed by atoms with van der Waals surface area (Å²) in [6.07, 6.45) is 3.50. The summed E-state index contributed by atoms with van der Waals surface area (Å²) in [7, 11) is -3.79. The van der Waals surface area contributed by atoms with Gasteiger partial charge in [-0.1, -0.05) is 28.4 Å². The van der Waals surface area contributed by atoms with Gasteiger partial charge in [0.1, 0.15) is 10.9 Å². The van der Waals surface area contributed by atoms with E-state index in [1.54, 1.807) is 6.92 Å². The predicted molar refractivity (Wildman–Crippen MR) is 93.3 cm³/mol. The lowest BCUT2D eigenvalue weighted by Gasteiger charge is -2.22. The summed E-state index contributed by atoms with van der Waals surface area (Å²) in [5.74, 6) is 1.40. The van der Waals surface area contributed by atoms with Crippen LogP contribution in [0.5, 0.6) is 0 Å². The van der Waals surface area contributed by atoms with Crippen LogP contribution in [0.2, 0.25) is 10.0 Å². The molecule has 2 heterocycles. The molecule has 0 N–H and O–H groups in total. The van der Waals surface area contributed by atoms with E-state index in [2.05, 4.69) is 10.1 Å². The van der Waals surface area contributed by atoms with E-state index in [1.165, 1.54) is 16.4 Å². The zero-order valence-electron chi connectivity index (χ0n) is 13.6. The van der Waals surface area contributed by atoms with Gasteiger partial charge in [0.2, 0.25) is 15.9 Å². The molecule has 134 valence electrons. The van der Waals surface area contributed by atoms with Gasteiger partial charge in [0.05, 0.1) is 5.02 Å². The third kappa shape index (κ3) is 3.07. The van der Waals surface area contributed by atoms with Crippen molar-refractivity contribution in [2.75, 3.05) is 6.54 Å². The van der Waals surface area contributed by atoms with E-state index in [4.69, 9.17) is 27.7 Å². The van der Waals surface area contributed by atoms with E-state index in [0.29, 0.717) is 41.2 Å². The number of hydrogen-bond donors (Lipinski definition) is 0. The molecule has 0 radical (unpaired) electrons. The molecular formula is C16H17Cl2N3O3S. The average molecular weight is 402 g/mol. The van der Waals surface area contributed by atoms with Crippen LogP contribution >= 0.6 is 23.2 Å². The molecule has 1 aromatic heterocycles. The van der Waals surface area contributed by atoms with Crippen LogP contribution in [0.1, 0.15) is 54.9 Å². The standard InChI is InChI=1S/C16H17Cl2N3O3S/c1-9-7-14(12(18)8-11(9)17)25(22,23)21-6-2-3-13(21)16-19-15(20-24-16)10-4-5-10/h7-8,10,13H,2-6H2,1H3. The van der Waals surface area contributed by atoms with Crippen molar-refractivity contribution in [3.63, 3.8) is 0 Å². The third-order valence-electron chi connectivity index (χ3n) is 4.69. The minimum Gasteiger partial charge on any atom is -0.338 e. The predicted octanol–water partition coefficient (Wildman–Crippen LogP) is 4.09. The van der Waals surface area contributed by atoms with Gasteiger partial charge in [0.15, 0.2) is 5.82 Å². The summed E-state index contributed by atoms with van der Waals surface area (Å²) in [4.78, 5) is 4.49. The summed E-state index contributed by atoms with van der Waals surface area (Å²) in [5.41, 5.74) is 0.661. The second-order valence-corrected chi connectivity index (χ2v) is 9.24. The van der Waals surface area contributed by atoms with Crippen molar-refractivity contribution in [1.29, 1.82) is 0 Å². The lowest BCUT2D eigenvalue weighted by molar-refractivity contribution is 0.289. The van der Waals surface area contributed by atoms with Gasteiger partial charge in [-0.15, -0.1) is 0 Å². The second-order valence-electron chi connectivity index (χ2n) is 6.57. The van der Waals surface area contributed by atoms with Gasteiger partial charge in [-0.2, -0.15) is 9.29 Å². The Bertz CT molecular complexity index is 925. The zero-order valence-corrected chi connectivity index (χ0v) is 15.9. The highest BCUT2D eigenvalue weighted by atomic mass is 35.5. The molecule has 1 aliphatic carbocycles. The minimum absolute atomic E-state index is 0.0601. The Hall–Kier alpha value is -1.15. The lowest BCUT2D eigenvalue weighted by atomic mass is 10.2. The molecule has 1 saturated carbocycles. The summed E-state index contributed by atoms with van der Waals surface area (Å²) in [5, 5.41) is 4.56. The molecule has 2 fully saturated rings. The number of benzene rings is 1. The molecule has 2 aliphatic rings. The minimum atomic E-state index is -3.79. The van der Waals surface area contributed by atoms with Crippen LogP contribution in [0.25, 0.3) is 0 Å². The third-order valence-corrected chi connectivity index (χ3v) is 7.47. The van der Waals surface area contributed by atoms with E-state index in [1.807, 2.05) is 0 Å². The van der Waals surface area contributed by atoms with Crippen molar-refractivity contribution in [3.8, 4) is 0 Å². The number of sulfonamides is 1. The van der Waals surface area contributed by atoms with Crippen molar-refractivity contribution < 1.29 is 12.9 Å². The molecule has 0 spiro atoms. The molecule has 2 aromatic rings. The molecule has 0 amide bonds. The molecular weight excluding hydrogens is 385 g/mol. The number of rotatable bonds is 4. The van der Waals surface area contributed by atoms with E-state index in [9.17, 15) is 8.42 Å². The van der Waals surface area contributed by atoms with Gasteiger partial charge >= 0.3 is 0 Å². The van der Waals surface area contributed by atoms with Crippen LogP contribution < -0.4 is 0 Å². The number of hydrogen-bond acceptors (Lipinski definition) is 5. The molecule has 1 aromatic carbocycles. The van der Waals surface area contributed by atoms with Crippen LogP contribution in [-0.4, -0.2) is 29.4 Å². The highest BCUT2D eigenvalue weighted by molar-refractivity contribution is 7.89. The molecule has 4 rings (SSSR count). The average Bonchev–Trinajstić information content (AvgIpc) is 3.10. The summed E-state index contributed by atoms with van der Waals surface area (Å²) >= 11 is 12.2. The van der Waals surface area contributed by atoms with Gasteiger partial charge in [-0.05, 0) is 50.3 Å². The maximum atomic E-state index is 13.2. The topological polar surface area (TPSA) is 76.3 Å². The highest BCUT2D eigenvalue weighted by Gasteiger charge is 2.41. The van der Waals surface area contributed by atoms with Crippen molar-refractivity contribution in [2.45, 2.75) is 49.5 Å². The van der Waals surface area contributed by atoms with Gasteiger partial charge in [0, 0.05) is 17.5 Å². The zero-order chi connectivity index (χ0) is 17.8. The molecule has 0 bridgehead atoms. The summed E-state index contributed by atoms with van der Waals surface area (Å²) < 4.78 is 33.1. The number of nitrogens with zero attached hydrogens (tertiary/aromatic N) is 3. The van der Waals surface area contributed by atoms with Crippen LogP contribution in [-0.2, 0) is 10.0 Å². The maximum Gasteiger partial charge on any atom is 0.245 e. The van der Waals surface area contributed by atoms with Crippen LogP contribution in [0.15, 0.2) is 21.6 Å². The Balaban J connectivity index is 1.69. The lowest BCUT2D eigenvalue weighted by Crippen LogP contribution is -2.31. The molecule has 9 heteroatoms. The Morgan fingerprint density at radius 2 is 1.96 bits per heavy atom. The first-order valence-electron chi connectivity index (χ1n) is 8.19. The van der Waals surface area contributed by atoms with Gasteiger partial charge in [-0.25, -0.2) is 8.42 Å². The van der Waals surface area contributed by atoms with Crippen LogP contribution in [0, 0.1) is 6.92 Å². The molecule has 1 unspecified atom stereocenters. The summed E-state index contributed by atoms with van der Waals surface area (Å²) in [6.45, 7) is 2.14. The Morgan fingerprint density at radius 3 is 2.68 bits per heavy atom. The SMILES string of the molecule is Cc1cc(S(=O)(=O)N2CCCC2c2nc(C3CC3)no2)c(Cl)cc1Cl. The quantitative estimate of drug-likeness (QED) is 0.770. The number of halogens is 2. The Labute approximate surface area is 156 Å². The molecule has 6 nitrogen and oxygen atoms in total. The normalized spacial score (nSPS) is 21.8. The summed E-state index contributed by atoms with van der Waals surface area (Å²) in [6, 6.07) is 2.53. The first kappa shape index (κ1) is 17.3. The highest BCUT2D eigenvalue weighted by Crippen LogP contribution is 2.41. The fourth-order valence-corrected chi connectivity index (χ4v) is 5.58. The Kier molecular flexibility index (Phi) is 4.30. The maximum absolute atomic E-state index is 13.2. The largest absolute Gasteiger partial charge is 0.338 e. The molecule has 1 atom stereocenters. The first-order chi connectivity index (χ1) is 11.9. The van der Waals surface area contributed by atoms with Crippen LogP contribution in [0.3, 0.4) is 0 Å². The first-order valence-corrected chi connectivity index (χ1v) is 10.4.